The van der Waals surface area contributed by atoms with Crippen LogP contribution in [0.3, 0.4) is 0 Å². The summed E-state index contributed by atoms with van der Waals surface area (Å²) in [7, 11) is 3.35. The van der Waals surface area contributed by atoms with Crippen LogP contribution in [0.15, 0.2) is 24.5 Å². The minimum Gasteiger partial charge on any atom is -0.469 e. The van der Waals surface area contributed by atoms with E-state index in [2.05, 4.69) is 14.7 Å². The molecule has 0 amide bonds. The summed E-state index contributed by atoms with van der Waals surface area (Å²) in [6.45, 7) is 0.631. The summed E-state index contributed by atoms with van der Waals surface area (Å²) < 4.78 is 4.61. The molecule has 2 rings (SSSR count). The van der Waals surface area contributed by atoms with Crippen molar-refractivity contribution in [3.63, 3.8) is 0 Å². The highest BCUT2D eigenvalue weighted by atomic mass is 16.5. The van der Waals surface area contributed by atoms with Crippen molar-refractivity contribution in [2.45, 2.75) is 6.42 Å². The number of aromatic nitrogens is 2. The molecule has 0 fully saturated rings. The van der Waals surface area contributed by atoms with Gasteiger partial charge in [-0.3, -0.25) is 4.79 Å². The van der Waals surface area contributed by atoms with E-state index in [4.69, 9.17) is 0 Å². The van der Waals surface area contributed by atoms with E-state index >= 15 is 0 Å². The van der Waals surface area contributed by atoms with Gasteiger partial charge in [0.05, 0.1) is 30.9 Å². The third kappa shape index (κ3) is 2.55. The first-order chi connectivity index (χ1) is 8.20. The molecule has 2 aromatic rings. The quantitative estimate of drug-likeness (QED) is 0.814. The lowest BCUT2D eigenvalue weighted by Gasteiger charge is -2.18. The molecule has 1 heterocycles. The van der Waals surface area contributed by atoms with E-state index in [9.17, 15) is 4.79 Å². The summed E-state index contributed by atoms with van der Waals surface area (Å²) in [4.78, 5) is 20.3. The maximum atomic E-state index is 11.1. The Balaban J connectivity index is 2.07. The van der Waals surface area contributed by atoms with Crippen LogP contribution in [-0.4, -0.2) is 36.6 Å². The van der Waals surface area contributed by atoms with Crippen LogP contribution in [0.4, 0.5) is 5.69 Å². The van der Waals surface area contributed by atoms with Crippen molar-refractivity contribution in [1.29, 1.82) is 0 Å². The number of hydrogen-bond donors (Lipinski definition) is 1. The average Bonchev–Trinajstić information content (AvgIpc) is 2.82. The minimum atomic E-state index is -0.195. The topological polar surface area (TPSA) is 58.2 Å². The number of methoxy groups -OCH3 is 1. The van der Waals surface area contributed by atoms with E-state index in [0.717, 1.165) is 16.7 Å². The number of rotatable bonds is 4. The van der Waals surface area contributed by atoms with Crippen LogP contribution in [0.2, 0.25) is 0 Å². The highest BCUT2D eigenvalue weighted by molar-refractivity contribution is 5.79. The fourth-order valence-corrected chi connectivity index (χ4v) is 1.65. The zero-order valence-corrected chi connectivity index (χ0v) is 9.93. The number of benzene rings is 1. The highest BCUT2D eigenvalue weighted by Gasteiger charge is 2.06. The summed E-state index contributed by atoms with van der Waals surface area (Å²) in [6.07, 6.45) is 2.05. The number of imidazole rings is 1. The largest absolute Gasteiger partial charge is 0.469 e. The van der Waals surface area contributed by atoms with Gasteiger partial charge in [-0.2, -0.15) is 0 Å². The van der Waals surface area contributed by atoms with Crippen molar-refractivity contribution in [2.24, 2.45) is 0 Å². The number of esters is 1. The van der Waals surface area contributed by atoms with Crippen LogP contribution in [0.1, 0.15) is 6.42 Å². The number of hydrogen-bond acceptors (Lipinski definition) is 4. The van der Waals surface area contributed by atoms with Gasteiger partial charge in [0, 0.05) is 19.3 Å². The molecule has 0 aliphatic heterocycles. The number of carbonyl (C=O) groups is 1. The third-order valence-electron chi connectivity index (χ3n) is 2.72. The molecule has 0 bridgehead atoms. The molecule has 0 unspecified atom stereocenters. The Morgan fingerprint density at radius 1 is 1.53 bits per heavy atom. The molecule has 0 atom stereocenters. The molecule has 0 saturated heterocycles. The fourth-order valence-electron chi connectivity index (χ4n) is 1.65. The maximum Gasteiger partial charge on any atom is 0.307 e. The number of carbonyl (C=O) groups excluding carboxylic acids is 1. The molecular weight excluding hydrogens is 218 g/mol. The molecule has 5 heteroatoms. The van der Waals surface area contributed by atoms with Gasteiger partial charge in [0.2, 0.25) is 0 Å². The molecule has 1 N–H and O–H groups in total. The Morgan fingerprint density at radius 2 is 2.35 bits per heavy atom. The second-order valence-corrected chi connectivity index (χ2v) is 3.85. The first-order valence-corrected chi connectivity index (χ1v) is 5.42. The normalized spacial score (nSPS) is 10.5. The summed E-state index contributed by atoms with van der Waals surface area (Å²) in [5.74, 6) is -0.195. The zero-order valence-electron chi connectivity index (χ0n) is 9.93. The van der Waals surface area contributed by atoms with Crippen molar-refractivity contribution in [2.75, 3.05) is 25.6 Å². The zero-order chi connectivity index (χ0) is 12.3. The Morgan fingerprint density at radius 3 is 3.12 bits per heavy atom. The second kappa shape index (κ2) is 4.86. The summed E-state index contributed by atoms with van der Waals surface area (Å²) in [5.41, 5.74) is 2.98. The number of aromatic amines is 1. The molecule has 0 saturated carbocycles. The van der Waals surface area contributed by atoms with Gasteiger partial charge in [0.1, 0.15) is 0 Å². The van der Waals surface area contributed by atoms with Crippen molar-refractivity contribution >= 4 is 22.7 Å². The monoisotopic (exact) mass is 233 g/mol. The molecule has 0 spiro atoms. The van der Waals surface area contributed by atoms with Gasteiger partial charge in [0.25, 0.3) is 0 Å². The highest BCUT2D eigenvalue weighted by Crippen LogP contribution is 2.18. The van der Waals surface area contributed by atoms with Gasteiger partial charge in [-0.25, -0.2) is 4.98 Å². The number of nitrogens with one attached hydrogen (secondary N) is 1. The Hall–Kier alpha value is -2.04. The van der Waals surface area contributed by atoms with E-state index in [1.165, 1.54) is 7.11 Å². The predicted molar refractivity (Wildman–Crippen MR) is 66.0 cm³/mol. The molecule has 1 aromatic heterocycles. The van der Waals surface area contributed by atoms with Crippen molar-refractivity contribution in [3.05, 3.63) is 24.5 Å². The van der Waals surface area contributed by atoms with Crippen molar-refractivity contribution in [1.82, 2.24) is 9.97 Å². The number of fused-ring (bicyclic) bond motifs is 1. The van der Waals surface area contributed by atoms with Crippen LogP contribution in [0, 0.1) is 0 Å². The smallest absolute Gasteiger partial charge is 0.307 e. The van der Waals surface area contributed by atoms with Crippen LogP contribution < -0.4 is 4.90 Å². The average molecular weight is 233 g/mol. The van der Waals surface area contributed by atoms with Crippen LogP contribution in [0.5, 0.6) is 0 Å². The van der Waals surface area contributed by atoms with E-state index in [0.29, 0.717) is 13.0 Å². The van der Waals surface area contributed by atoms with E-state index in [1.54, 1.807) is 6.33 Å². The second-order valence-electron chi connectivity index (χ2n) is 3.85. The van der Waals surface area contributed by atoms with Crippen molar-refractivity contribution in [3.8, 4) is 0 Å². The van der Waals surface area contributed by atoms with Gasteiger partial charge in [0.15, 0.2) is 0 Å². The molecule has 90 valence electrons. The van der Waals surface area contributed by atoms with Gasteiger partial charge >= 0.3 is 5.97 Å². The van der Waals surface area contributed by atoms with E-state index in [-0.39, 0.29) is 5.97 Å². The molecule has 0 radical (unpaired) electrons. The van der Waals surface area contributed by atoms with Gasteiger partial charge < -0.3 is 14.6 Å². The summed E-state index contributed by atoms with van der Waals surface area (Å²) in [6, 6.07) is 5.95. The predicted octanol–water partition coefficient (Wildman–Crippen LogP) is 1.56. The number of anilines is 1. The minimum absolute atomic E-state index is 0.195. The molecular formula is C12H15N3O2. The molecule has 0 aliphatic carbocycles. The first kappa shape index (κ1) is 11.4. The Bertz CT molecular complexity index is 521. The summed E-state index contributed by atoms with van der Waals surface area (Å²) in [5, 5.41) is 0. The van der Waals surface area contributed by atoms with Gasteiger partial charge in [-0.15, -0.1) is 0 Å². The Kier molecular flexibility index (Phi) is 3.27. The third-order valence-corrected chi connectivity index (χ3v) is 2.72. The lowest BCUT2D eigenvalue weighted by atomic mass is 10.2. The lowest BCUT2D eigenvalue weighted by molar-refractivity contribution is -0.140. The van der Waals surface area contributed by atoms with Crippen molar-refractivity contribution < 1.29 is 9.53 Å². The van der Waals surface area contributed by atoms with E-state index in [1.807, 2.05) is 30.1 Å². The number of H-pyrrole nitrogens is 1. The van der Waals surface area contributed by atoms with Crippen LogP contribution >= 0.6 is 0 Å². The molecule has 0 aliphatic rings. The lowest BCUT2D eigenvalue weighted by Crippen LogP contribution is -2.21. The molecule has 5 nitrogen and oxygen atoms in total. The van der Waals surface area contributed by atoms with Gasteiger partial charge in [-0.05, 0) is 18.2 Å². The van der Waals surface area contributed by atoms with Crippen LogP contribution in [-0.2, 0) is 9.53 Å². The maximum absolute atomic E-state index is 11.1. The first-order valence-electron chi connectivity index (χ1n) is 5.42. The standard InChI is InChI=1S/C12H15N3O2/c1-15(6-5-12(16)17-2)9-3-4-10-11(7-9)14-8-13-10/h3-4,7-8H,5-6H2,1-2H3,(H,13,14). The SMILES string of the molecule is COC(=O)CCN(C)c1ccc2nc[nH]c2c1. The van der Waals surface area contributed by atoms with E-state index < -0.39 is 0 Å². The number of ether oxygens (including phenoxy) is 1. The Labute approximate surface area is 99.4 Å². The molecule has 1 aromatic carbocycles. The number of nitrogens with zero attached hydrogens (tertiary/aromatic N) is 2. The van der Waals surface area contributed by atoms with Crippen LogP contribution in [0.25, 0.3) is 11.0 Å². The molecule has 17 heavy (non-hydrogen) atoms. The van der Waals surface area contributed by atoms with Gasteiger partial charge in [-0.1, -0.05) is 0 Å². The summed E-state index contributed by atoms with van der Waals surface area (Å²) >= 11 is 0. The fraction of sp³-hybridized carbons (Fsp3) is 0.333.